The highest BCUT2D eigenvalue weighted by Crippen LogP contribution is 2.31. The lowest BCUT2D eigenvalue weighted by atomic mass is 10.0. The van der Waals surface area contributed by atoms with E-state index in [2.05, 4.69) is 41.8 Å². The van der Waals surface area contributed by atoms with Crippen molar-refractivity contribution in [1.82, 2.24) is 4.90 Å². The predicted molar refractivity (Wildman–Crippen MR) is 88.0 cm³/mol. The van der Waals surface area contributed by atoms with Crippen molar-refractivity contribution >= 4 is 5.69 Å². The van der Waals surface area contributed by atoms with Gasteiger partial charge in [0.05, 0.1) is 5.60 Å². The Bertz CT molecular complexity index is 486. The molecule has 1 aromatic rings. The minimum atomic E-state index is -0.401. The van der Waals surface area contributed by atoms with Gasteiger partial charge in [0, 0.05) is 38.4 Å². The average Bonchev–Trinajstić information content (AvgIpc) is 2.89. The largest absolute Gasteiger partial charge is 0.389 e. The first-order chi connectivity index (χ1) is 10.1. The molecular formula is C18H28N2O. The second kappa shape index (κ2) is 5.98. The molecule has 1 aliphatic heterocycles. The zero-order valence-corrected chi connectivity index (χ0v) is 13.4. The molecule has 0 atom stereocenters. The number of rotatable bonds is 3. The van der Waals surface area contributed by atoms with Crippen molar-refractivity contribution in [2.24, 2.45) is 0 Å². The number of hydrogen-bond acceptors (Lipinski definition) is 3. The van der Waals surface area contributed by atoms with Gasteiger partial charge in [-0.3, -0.25) is 4.90 Å². The molecule has 1 N–H and O–H groups in total. The van der Waals surface area contributed by atoms with Crippen molar-refractivity contribution in [2.45, 2.75) is 45.1 Å². The third kappa shape index (κ3) is 3.24. The van der Waals surface area contributed by atoms with E-state index in [0.717, 1.165) is 45.6 Å². The lowest BCUT2D eigenvalue weighted by Crippen LogP contribution is -2.51. The Morgan fingerprint density at radius 1 is 1.05 bits per heavy atom. The summed E-state index contributed by atoms with van der Waals surface area (Å²) in [6, 6.07) is 6.58. The van der Waals surface area contributed by atoms with E-state index in [1.165, 1.54) is 29.7 Å². The van der Waals surface area contributed by atoms with Crippen LogP contribution in [-0.4, -0.2) is 48.3 Å². The van der Waals surface area contributed by atoms with Gasteiger partial charge in [-0.15, -0.1) is 0 Å². The van der Waals surface area contributed by atoms with Gasteiger partial charge in [0.1, 0.15) is 0 Å². The molecule has 1 saturated carbocycles. The topological polar surface area (TPSA) is 26.7 Å². The van der Waals surface area contributed by atoms with Crippen molar-refractivity contribution in [3.8, 4) is 0 Å². The molecule has 3 nitrogen and oxygen atoms in total. The summed E-state index contributed by atoms with van der Waals surface area (Å²) in [7, 11) is 0. The van der Waals surface area contributed by atoms with Gasteiger partial charge in [0.15, 0.2) is 0 Å². The summed E-state index contributed by atoms with van der Waals surface area (Å²) >= 11 is 0. The number of β-amino-alcohol motifs (C(OH)–C–C–N with tert-alkyl or cyclic N) is 1. The summed E-state index contributed by atoms with van der Waals surface area (Å²) < 4.78 is 0. The van der Waals surface area contributed by atoms with E-state index in [1.54, 1.807) is 0 Å². The number of hydrogen-bond donors (Lipinski definition) is 1. The molecule has 1 saturated heterocycles. The van der Waals surface area contributed by atoms with Crippen molar-refractivity contribution in [3.63, 3.8) is 0 Å². The van der Waals surface area contributed by atoms with Gasteiger partial charge in [0.2, 0.25) is 0 Å². The molecule has 0 spiro atoms. The first-order valence-corrected chi connectivity index (χ1v) is 8.33. The van der Waals surface area contributed by atoms with E-state index < -0.39 is 5.60 Å². The van der Waals surface area contributed by atoms with Gasteiger partial charge in [-0.2, -0.15) is 0 Å². The Kier molecular flexibility index (Phi) is 4.23. The number of aryl methyl sites for hydroxylation is 1. The second-order valence-electron chi connectivity index (χ2n) is 6.91. The van der Waals surface area contributed by atoms with E-state index >= 15 is 0 Å². The molecule has 1 aromatic carbocycles. The van der Waals surface area contributed by atoms with Crippen LogP contribution in [0.3, 0.4) is 0 Å². The van der Waals surface area contributed by atoms with Crippen molar-refractivity contribution in [1.29, 1.82) is 0 Å². The molecule has 3 rings (SSSR count). The van der Waals surface area contributed by atoms with Crippen LogP contribution >= 0.6 is 0 Å². The number of anilines is 1. The summed E-state index contributed by atoms with van der Waals surface area (Å²) in [6.07, 6.45) is 4.37. The maximum atomic E-state index is 10.6. The van der Waals surface area contributed by atoms with Gasteiger partial charge >= 0.3 is 0 Å². The smallest absolute Gasteiger partial charge is 0.0774 e. The summed E-state index contributed by atoms with van der Waals surface area (Å²) in [4.78, 5) is 4.95. The van der Waals surface area contributed by atoms with Gasteiger partial charge in [-0.05, 0) is 43.9 Å². The average molecular weight is 288 g/mol. The minimum absolute atomic E-state index is 0.401. The molecular weight excluding hydrogens is 260 g/mol. The van der Waals surface area contributed by atoms with Gasteiger partial charge in [0.25, 0.3) is 0 Å². The van der Waals surface area contributed by atoms with E-state index in [1.807, 2.05) is 0 Å². The Morgan fingerprint density at radius 2 is 1.71 bits per heavy atom. The fraction of sp³-hybridized carbons (Fsp3) is 0.667. The van der Waals surface area contributed by atoms with Gasteiger partial charge in [-0.25, -0.2) is 0 Å². The number of nitrogens with zero attached hydrogens (tertiary/aromatic N) is 2. The molecule has 1 aliphatic carbocycles. The maximum Gasteiger partial charge on any atom is 0.0774 e. The fourth-order valence-electron chi connectivity index (χ4n) is 3.83. The molecule has 3 heteroatoms. The predicted octanol–water partition coefficient (Wildman–Crippen LogP) is 2.73. The minimum Gasteiger partial charge on any atom is -0.389 e. The van der Waals surface area contributed by atoms with Gasteiger partial charge in [-0.1, -0.05) is 25.0 Å². The highest BCUT2D eigenvalue weighted by Gasteiger charge is 2.34. The van der Waals surface area contributed by atoms with Crippen molar-refractivity contribution in [2.75, 3.05) is 37.6 Å². The van der Waals surface area contributed by atoms with Crippen LogP contribution in [0.4, 0.5) is 5.69 Å². The normalized spacial score (nSPS) is 22.7. The van der Waals surface area contributed by atoms with Crippen LogP contribution in [0.25, 0.3) is 0 Å². The number of piperazine rings is 1. The van der Waals surface area contributed by atoms with E-state index in [4.69, 9.17) is 0 Å². The molecule has 1 heterocycles. The van der Waals surface area contributed by atoms with E-state index in [9.17, 15) is 5.11 Å². The van der Waals surface area contributed by atoms with E-state index in [0.29, 0.717) is 0 Å². The molecule has 116 valence electrons. The van der Waals surface area contributed by atoms with Crippen molar-refractivity contribution in [3.05, 3.63) is 29.3 Å². The summed E-state index contributed by atoms with van der Waals surface area (Å²) in [5, 5.41) is 10.6. The van der Waals surface area contributed by atoms with Crippen LogP contribution in [0.5, 0.6) is 0 Å². The van der Waals surface area contributed by atoms with Crippen LogP contribution in [0.2, 0.25) is 0 Å². The van der Waals surface area contributed by atoms with Crippen LogP contribution in [0.15, 0.2) is 18.2 Å². The highest BCUT2D eigenvalue weighted by molar-refractivity contribution is 5.56. The van der Waals surface area contributed by atoms with Crippen LogP contribution < -0.4 is 4.90 Å². The SMILES string of the molecule is Cc1cccc(N2CCN(CC3(O)CCCC3)CC2)c1C. The third-order valence-corrected chi connectivity index (χ3v) is 5.34. The number of benzene rings is 1. The first kappa shape index (κ1) is 14.9. The first-order valence-electron chi connectivity index (χ1n) is 8.33. The lowest BCUT2D eigenvalue weighted by Gasteiger charge is -2.39. The summed E-state index contributed by atoms with van der Waals surface area (Å²) in [5.41, 5.74) is 3.76. The Morgan fingerprint density at radius 3 is 2.38 bits per heavy atom. The zero-order chi connectivity index (χ0) is 14.9. The van der Waals surface area contributed by atoms with Gasteiger partial charge < -0.3 is 10.0 Å². The Balaban J connectivity index is 1.59. The van der Waals surface area contributed by atoms with Crippen LogP contribution in [0, 0.1) is 13.8 Å². The molecule has 0 amide bonds. The molecule has 21 heavy (non-hydrogen) atoms. The quantitative estimate of drug-likeness (QED) is 0.926. The van der Waals surface area contributed by atoms with Crippen LogP contribution in [-0.2, 0) is 0 Å². The van der Waals surface area contributed by atoms with Crippen LogP contribution in [0.1, 0.15) is 36.8 Å². The zero-order valence-electron chi connectivity index (χ0n) is 13.4. The Hall–Kier alpha value is -1.06. The molecule has 0 aromatic heterocycles. The number of aliphatic hydroxyl groups is 1. The maximum absolute atomic E-state index is 10.6. The molecule has 0 radical (unpaired) electrons. The summed E-state index contributed by atoms with van der Waals surface area (Å²) in [6.45, 7) is 9.54. The molecule has 0 unspecified atom stereocenters. The highest BCUT2D eigenvalue weighted by atomic mass is 16.3. The Labute approximate surface area is 128 Å². The molecule has 2 fully saturated rings. The lowest BCUT2D eigenvalue weighted by molar-refractivity contribution is 0.00802. The monoisotopic (exact) mass is 288 g/mol. The van der Waals surface area contributed by atoms with E-state index in [-0.39, 0.29) is 0 Å². The molecule has 0 bridgehead atoms. The second-order valence-corrected chi connectivity index (χ2v) is 6.91. The standard InChI is InChI=1S/C18H28N2O/c1-15-6-5-7-17(16(15)2)20-12-10-19(11-13-20)14-18(21)8-3-4-9-18/h5-7,21H,3-4,8-14H2,1-2H3. The molecule has 2 aliphatic rings. The summed E-state index contributed by atoms with van der Waals surface area (Å²) in [5.74, 6) is 0. The fourth-order valence-corrected chi connectivity index (χ4v) is 3.83. The van der Waals surface area contributed by atoms with Crippen molar-refractivity contribution < 1.29 is 5.11 Å². The third-order valence-electron chi connectivity index (χ3n) is 5.34.